The number of carboxylic acid groups (broad SMARTS) is 1. The van der Waals surface area contributed by atoms with E-state index in [2.05, 4.69) is 15.6 Å². The molecule has 1 aromatic heterocycles. The molecule has 0 radical (unpaired) electrons. The summed E-state index contributed by atoms with van der Waals surface area (Å²) in [5, 5.41) is 19.3. The van der Waals surface area contributed by atoms with Crippen LogP contribution >= 0.6 is 11.3 Å². The minimum atomic E-state index is -1.16. The largest absolute Gasteiger partial charge is 1.00 e. The van der Waals surface area contributed by atoms with E-state index in [0.717, 1.165) is 16.5 Å². The number of thiazole rings is 1. The number of benzene rings is 1. The van der Waals surface area contributed by atoms with E-state index in [1.165, 1.54) is 11.3 Å². The van der Waals surface area contributed by atoms with E-state index in [-0.39, 0.29) is 35.5 Å². The van der Waals surface area contributed by atoms with Crippen molar-refractivity contribution in [1.82, 2.24) is 4.98 Å². The van der Waals surface area contributed by atoms with Crippen molar-refractivity contribution in [3.05, 3.63) is 35.3 Å². The molecule has 1 aliphatic carbocycles. The molecule has 1 aromatic carbocycles. The molecule has 1 fully saturated rings. The number of hydrogen-bond acceptors (Lipinski definition) is 6. The summed E-state index contributed by atoms with van der Waals surface area (Å²) < 4.78 is 0. The van der Waals surface area contributed by atoms with E-state index < -0.39 is 17.8 Å². The molecule has 0 unspecified atom stereocenters. The first-order valence-corrected chi connectivity index (χ1v) is 7.72. The molecule has 1 saturated carbocycles. The molecule has 2 atom stereocenters. The Morgan fingerprint density at radius 1 is 1.30 bits per heavy atom. The fourth-order valence-electron chi connectivity index (χ4n) is 2.19. The third-order valence-corrected chi connectivity index (χ3v) is 4.31. The summed E-state index contributed by atoms with van der Waals surface area (Å²) in [4.78, 5) is 26.9. The summed E-state index contributed by atoms with van der Waals surface area (Å²) in [5.74, 6) is -2.58. The molecule has 1 aliphatic rings. The van der Waals surface area contributed by atoms with Gasteiger partial charge in [-0.2, -0.15) is 0 Å². The number of carbonyl (C=O) groups excluding carboxylic acids is 2. The smallest absolute Gasteiger partial charge is 0.550 e. The van der Waals surface area contributed by atoms with Gasteiger partial charge in [-0.25, -0.2) is 4.98 Å². The number of amides is 1. The number of aryl methyl sites for hydroxylation is 1. The quantitative estimate of drug-likeness (QED) is 0.648. The Labute approximate surface area is 159 Å². The van der Waals surface area contributed by atoms with E-state index in [9.17, 15) is 14.7 Å². The zero-order valence-corrected chi connectivity index (χ0v) is 15.6. The third kappa shape index (κ3) is 4.54. The summed E-state index contributed by atoms with van der Waals surface area (Å²) in [6, 6.07) is 7.21. The maximum atomic E-state index is 11.9. The Morgan fingerprint density at radius 2 is 2.04 bits per heavy atom. The Bertz CT molecular complexity index is 734. The van der Waals surface area contributed by atoms with Crippen LogP contribution in [0, 0.1) is 18.8 Å². The summed E-state index contributed by atoms with van der Waals surface area (Å²) in [6.45, 7) is 1.92. The molecular weight excluding hydrogens is 325 g/mol. The number of aromatic nitrogens is 1. The van der Waals surface area contributed by atoms with Crippen LogP contribution in [0.5, 0.6) is 0 Å². The van der Waals surface area contributed by atoms with E-state index in [0.29, 0.717) is 12.1 Å². The maximum Gasteiger partial charge on any atom is 1.00 e. The van der Waals surface area contributed by atoms with E-state index >= 15 is 0 Å². The van der Waals surface area contributed by atoms with Gasteiger partial charge in [0.1, 0.15) is 0 Å². The number of aliphatic carboxylic acids is 1. The maximum absolute atomic E-state index is 11.9. The molecule has 0 spiro atoms. The van der Waals surface area contributed by atoms with Crippen molar-refractivity contribution in [1.29, 1.82) is 0 Å². The van der Waals surface area contributed by atoms with Gasteiger partial charge < -0.3 is 20.5 Å². The number of carbonyl (C=O) groups is 2. The molecule has 1 heterocycles. The molecule has 1 amide bonds. The Kier molecular flexibility index (Phi) is 5.80. The van der Waals surface area contributed by atoms with Gasteiger partial charge in [-0.05, 0) is 31.5 Å². The van der Waals surface area contributed by atoms with Crippen molar-refractivity contribution >= 4 is 39.7 Å². The first-order valence-electron chi connectivity index (χ1n) is 6.84. The van der Waals surface area contributed by atoms with Crippen LogP contribution in [0.15, 0.2) is 29.6 Å². The summed E-state index contributed by atoms with van der Waals surface area (Å²) in [6.07, 6.45) is 0.352. The van der Waals surface area contributed by atoms with Crippen LogP contribution in [-0.2, 0) is 9.59 Å². The van der Waals surface area contributed by atoms with Crippen molar-refractivity contribution < 1.29 is 44.3 Å². The van der Waals surface area contributed by atoms with Crippen molar-refractivity contribution in [2.75, 3.05) is 10.6 Å². The molecule has 0 saturated heterocycles. The zero-order valence-electron chi connectivity index (χ0n) is 12.8. The fourth-order valence-corrected chi connectivity index (χ4v) is 2.90. The number of hydrogen-bond donors (Lipinski definition) is 2. The number of carboxylic acids is 1. The minimum absolute atomic E-state index is 0. The standard InChI is InChI=1S/C15H15N3O3S.Na/c1-8-7-22-15(16-8)18-10-4-2-3-9(5-10)17-13(19)11-6-12(11)14(20)21;/h2-5,7,11-12H,6H2,1H3,(H,16,18)(H,17,19)(H,20,21);/q;+1/p-1/t11-,12+;/m1./s1. The predicted molar refractivity (Wildman–Crippen MR) is 81.8 cm³/mol. The molecular formula is C15H14N3NaO3S. The topological polar surface area (TPSA) is 94.1 Å². The van der Waals surface area contributed by atoms with Crippen LogP contribution in [0.3, 0.4) is 0 Å². The second-order valence-electron chi connectivity index (χ2n) is 5.26. The minimum Gasteiger partial charge on any atom is -0.550 e. The molecule has 6 nitrogen and oxygen atoms in total. The summed E-state index contributed by atoms with van der Waals surface area (Å²) >= 11 is 1.50. The van der Waals surface area contributed by atoms with Gasteiger partial charge in [0.2, 0.25) is 5.91 Å². The predicted octanol–water partition coefficient (Wildman–Crippen LogP) is -1.48. The van der Waals surface area contributed by atoms with Crippen LogP contribution in [0.1, 0.15) is 12.1 Å². The molecule has 8 heteroatoms. The second kappa shape index (κ2) is 7.44. The van der Waals surface area contributed by atoms with Gasteiger partial charge in [0.15, 0.2) is 5.13 Å². The Morgan fingerprint density at radius 3 is 2.65 bits per heavy atom. The number of nitrogens with zero attached hydrogens (tertiary/aromatic N) is 1. The average Bonchev–Trinajstić information content (AvgIpc) is 3.18. The zero-order chi connectivity index (χ0) is 15.7. The van der Waals surface area contributed by atoms with E-state index in [4.69, 9.17) is 0 Å². The van der Waals surface area contributed by atoms with Crippen LogP contribution in [0.25, 0.3) is 0 Å². The van der Waals surface area contributed by atoms with Crippen LogP contribution in [-0.4, -0.2) is 16.9 Å². The first-order chi connectivity index (χ1) is 10.5. The van der Waals surface area contributed by atoms with Gasteiger partial charge >= 0.3 is 29.6 Å². The fraction of sp³-hybridized carbons (Fsp3) is 0.267. The summed E-state index contributed by atoms with van der Waals surface area (Å²) in [7, 11) is 0. The van der Waals surface area contributed by atoms with E-state index in [1.54, 1.807) is 12.1 Å². The van der Waals surface area contributed by atoms with Crippen molar-refractivity contribution in [3.63, 3.8) is 0 Å². The van der Waals surface area contributed by atoms with Crippen molar-refractivity contribution in [3.8, 4) is 0 Å². The normalized spacial score (nSPS) is 18.7. The number of nitrogens with one attached hydrogen (secondary N) is 2. The monoisotopic (exact) mass is 339 g/mol. The van der Waals surface area contributed by atoms with Crippen LogP contribution in [0.4, 0.5) is 16.5 Å². The van der Waals surface area contributed by atoms with Gasteiger partial charge in [0.25, 0.3) is 0 Å². The molecule has 23 heavy (non-hydrogen) atoms. The number of rotatable bonds is 5. The Hall–Kier alpha value is -1.41. The van der Waals surface area contributed by atoms with Gasteiger partial charge in [0, 0.05) is 34.6 Å². The SMILES string of the molecule is Cc1csc(Nc2cccc(NC(=O)[C@@H]3C[C@@H]3C(=O)[O-])c2)n1.[Na+]. The molecule has 2 aromatic rings. The van der Waals surface area contributed by atoms with E-state index in [1.807, 2.05) is 24.4 Å². The first kappa shape index (κ1) is 17.9. The van der Waals surface area contributed by atoms with Crippen LogP contribution in [0.2, 0.25) is 0 Å². The molecule has 2 N–H and O–H groups in total. The van der Waals surface area contributed by atoms with Gasteiger partial charge in [0.05, 0.1) is 5.69 Å². The van der Waals surface area contributed by atoms with Crippen LogP contribution < -0.4 is 45.3 Å². The van der Waals surface area contributed by atoms with Crippen molar-refractivity contribution in [2.45, 2.75) is 13.3 Å². The molecule has 3 rings (SSSR count). The number of anilines is 3. The average molecular weight is 339 g/mol. The molecule has 0 bridgehead atoms. The van der Waals surface area contributed by atoms with Crippen molar-refractivity contribution in [2.24, 2.45) is 11.8 Å². The van der Waals surface area contributed by atoms with Gasteiger partial charge in [-0.1, -0.05) is 6.07 Å². The second-order valence-corrected chi connectivity index (χ2v) is 6.11. The Balaban J connectivity index is 0.00000192. The summed E-state index contributed by atoms with van der Waals surface area (Å²) in [5.41, 5.74) is 2.37. The van der Waals surface area contributed by atoms with Gasteiger partial charge in [-0.3, -0.25) is 4.79 Å². The molecule has 114 valence electrons. The molecule has 0 aliphatic heterocycles. The third-order valence-electron chi connectivity index (χ3n) is 3.43. The van der Waals surface area contributed by atoms with Gasteiger partial charge in [-0.15, -0.1) is 11.3 Å².